The van der Waals surface area contributed by atoms with Crippen molar-refractivity contribution >= 4 is 11.9 Å². The molecule has 0 aliphatic heterocycles. The monoisotopic (exact) mass is 244 g/mol. The fourth-order valence-corrected chi connectivity index (χ4v) is 1.40. The number of aliphatic carboxylic acids is 1. The van der Waals surface area contributed by atoms with E-state index in [1.165, 1.54) is 0 Å². The zero-order valence-electron chi connectivity index (χ0n) is 11.3. The molecular formula is C12H24N2O3. The first-order valence-electron chi connectivity index (χ1n) is 5.90. The van der Waals surface area contributed by atoms with Crippen molar-refractivity contribution in [2.24, 2.45) is 17.1 Å². The lowest BCUT2D eigenvalue weighted by Gasteiger charge is -2.29. The van der Waals surface area contributed by atoms with Crippen LogP contribution < -0.4 is 11.1 Å². The number of hydrogen-bond acceptors (Lipinski definition) is 3. The average molecular weight is 244 g/mol. The summed E-state index contributed by atoms with van der Waals surface area (Å²) in [6, 6.07) is -1.59. The van der Waals surface area contributed by atoms with Crippen LogP contribution in [0.2, 0.25) is 0 Å². The van der Waals surface area contributed by atoms with Crippen molar-refractivity contribution in [2.45, 2.75) is 53.1 Å². The number of carboxylic acid groups (broad SMARTS) is 1. The van der Waals surface area contributed by atoms with Crippen molar-refractivity contribution in [1.82, 2.24) is 5.32 Å². The standard InChI is InChI=1S/C12H24N2O3/c1-6-7(2)8(13)10(15)14-9(11(16)17)12(3,4)5/h7-9H,6,13H2,1-5H3,(H,14,15)(H,16,17)/t7-,8-,9?/m0/s1. The maximum Gasteiger partial charge on any atom is 0.326 e. The van der Waals surface area contributed by atoms with Crippen LogP contribution in [-0.2, 0) is 9.59 Å². The molecule has 1 unspecified atom stereocenters. The molecule has 0 heterocycles. The van der Waals surface area contributed by atoms with E-state index in [-0.39, 0.29) is 5.92 Å². The molecule has 0 aromatic heterocycles. The number of hydrogen-bond donors (Lipinski definition) is 3. The molecule has 0 radical (unpaired) electrons. The third-order valence-electron chi connectivity index (χ3n) is 2.96. The molecule has 0 fully saturated rings. The molecule has 17 heavy (non-hydrogen) atoms. The normalized spacial score (nSPS) is 17.1. The Morgan fingerprint density at radius 1 is 1.35 bits per heavy atom. The van der Waals surface area contributed by atoms with Crippen LogP contribution in [0.15, 0.2) is 0 Å². The molecule has 5 nitrogen and oxygen atoms in total. The molecule has 0 saturated heterocycles. The summed E-state index contributed by atoms with van der Waals surface area (Å²) in [5.74, 6) is -1.41. The largest absolute Gasteiger partial charge is 0.480 e. The Kier molecular flexibility index (Phi) is 5.61. The quantitative estimate of drug-likeness (QED) is 0.672. The van der Waals surface area contributed by atoms with Crippen LogP contribution in [0, 0.1) is 11.3 Å². The summed E-state index contributed by atoms with van der Waals surface area (Å²) in [7, 11) is 0. The predicted octanol–water partition coefficient (Wildman–Crippen LogP) is 0.975. The summed E-state index contributed by atoms with van der Waals surface area (Å²) in [5.41, 5.74) is 5.21. The lowest BCUT2D eigenvalue weighted by Crippen LogP contribution is -2.55. The van der Waals surface area contributed by atoms with Gasteiger partial charge in [0.15, 0.2) is 0 Å². The Bertz CT molecular complexity index is 284. The van der Waals surface area contributed by atoms with Crippen molar-refractivity contribution in [3.05, 3.63) is 0 Å². The van der Waals surface area contributed by atoms with Crippen LogP contribution in [-0.4, -0.2) is 29.1 Å². The van der Waals surface area contributed by atoms with Crippen molar-refractivity contribution < 1.29 is 14.7 Å². The molecule has 100 valence electrons. The fraction of sp³-hybridized carbons (Fsp3) is 0.833. The zero-order valence-corrected chi connectivity index (χ0v) is 11.3. The molecule has 0 bridgehead atoms. The van der Waals surface area contributed by atoms with Gasteiger partial charge in [-0.1, -0.05) is 41.0 Å². The van der Waals surface area contributed by atoms with Gasteiger partial charge in [-0.3, -0.25) is 4.79 Å². The van der Waals surface area contributed by atoms with Gasteiger partial charge in [0, 0.05) is 0 Å². The molecule has 0 rings (SSSR count). The number of nitrogens with one attached hydrogen (secondary N) is 1. The highest BCUT2D eigenvalue weighted by Gasteiger charge is 2.34. The third kappa shape index (κ3) is 4.73. The Hall–Kier alpha value is -1.10. The highest BCUT2D eigenvalue weighted by atomic mass is 16.4. The molecule has 0 aromatic carbocycles. The molecular weight excluding hydrogens is 220 g/mol. The lowest BCUT2D eigenvalue weighted by molar-refractivity contribution is -0.145. The first kappa shape index (κ1) is 15.9. The molecule has 4 N–H and O–H groups in total. The predicted molar refractivity (Wildman–Crippen MR) is 66.5 cm³/mol. The zero-order chi connectivity index (χ0) is 13.8. The highest BCUT2D eigenvalue weighted by molar-refractivity contribution is 5.87. The van der Waals surface area contributed by atoms with Crippen LogP contribution >= 0.6 is 0 Å². The minimum Gasteiger partial charge on any atom is -0.480 e. The minimum absolute atomic E-state index is 0.0319. The molecule has 0 saturated carbocycles. The van der Waals surface area contributed by atoms with Gasteiger partial charge in [-0.15, -0.1) is 0 Å². The van der Waals surface area contributed by atoms with E-state index in [0.717, 1.165) is 6.42 Å². The van der Waals surface area contributed by atoms with Crippen molar-refractivity contribution in [2.75, 3.05) is 0 Å². The second-order valence-corrected chi connectivity index (χ2v) is 5.56. The van der Waals surface area contributed by atoms with Crippen molar-refractivity contribution in [1.29, 1.82) is 0 Å². The van der Waals surface area contributed by atoms with E-state index in [9.17, 15) is 9.59 Å². The Morgan fingerprint density at radius 2 is 1.82 bits per heavy atom. The number of rotatable bonds is 5. The number of carboxylic acids is 1. The van der Waals surface area contributed by atoms with Crippen LogP contribution in [0.1, 0.15) is 41.0 Å². The molecule has 0 aromatic rings. The van der Waals surface area contributed by atoms with Crippen LogP contribution in [0.5, 0.6) is 0 Å². The van der Waals surface area contributed by atoms with E-state index in [2.05, 4.69) is 5.32 Å². The third-order valence-corrected chi connectivity index (χ3v) is 2.96. The molecule has 1 amide bonds. The smallest absolute Gasteiger partial charge is 0.326 e. The summed E-state index contributed by atoms with van der Waals surface area (Å²) in [5, 5.41) is 11.6. The molecule has 0 aliphatic carbocycles. The SMILES string of the molecule is CC[C@H](C)[C@H](N)C(=O)NC(C(=O)O)C(C)(C)C. The average Bonchev–Trinajstić information content (AvgIpc) is 2.21. The number of carbonyl (C=O) groups excluding carboxylic acids is 1. The molecule has 0 spiro atoms. The van der Waals surface area contributed by atoms with Gasteiger partial charge in [0.2, 0.25) is 5.91 Å². The Morgan fingerprint density at radius 3 is 2.12 bits per heavy atom. The highest BCUT2D eigenvalue weighted by Crippen LogP contribution is 2.19. The van der Waals surface area contributed by atoms with Gasteiger partial charge in [0.05, 0.1) is 6.04 Å². The van der Waals surface area contributed by atoms with Gasteiger partial charge in [-0.25, -0.2) is 4.79 Å². The van der Waals surface area contributed by atoms with Gasteiger partial charge in [0.1, 0.15) is 6.04 Å². The summed E-state index contributed by atoms with van der Waals surface area (Å²) in [6.45, 7) is 9.11. The number of carbonyl (C=O) groups is 2. The fourth-order valence-electron chi connectivity index (χ4n) is 1.40. The van der Waals surface area contributed by atoms with E-state index >= 15 is 0 Å². The first-order valence-corrected chi connectivity index (χ1v) is 5.90. The summed E-state index contributed by atoms with van der Waals surface area (Å²) in [6.07, 6.45) is 0.780. The Labute approximate surface area is 103 Å². The Balaban J connectivity index is 4.69. The summed E-state index contributed by atoms with van der Waals surface area (Å²) < 4.78 is 0. The molecule has 3 atom stereocenters. The topological polar surface area (TPSA) is 92.4 Å². The maximum atomic E-state index is 11.8. The molecule has 0 aliphatic rings. The lowest BCUT2D eigenvalue weighted by atomic mass is 9.86. The van der Waals surface area contributed by atoms with Crippen molar-refractivity contribution in [3.8, 4) is 0 Å². The van der Waals surface area contributed by atoms with E-state index < -0.39 is 29.4 Å². The second-order valence-electron chi connectivity index (χ2n) is 5.56. The second kappa shape index (κ2) is 6.00. The van der Waals surface area contributed by atoms with Crippen LogP contribution in [0.3, 0.4) is 0 Å². The van der Waals surface area contributed by atoms with Crippen LogP contribution in [0.4, 0.5) is 0 Å². The van der Waals surface area contributed by atoms with Gasteiger partial charge in [-0.2, -0.15) is 0 Å². The van der Waals surface area contributed by atoms with Gasteiger partial charge >= 0.3 is 5.97 Å². The van der Waals surface area contributed by atoms with Gasteiger partial charge in [-0.05, 0) is 11.3 Å². The van der Waals surface area contributed by atoms with E-state index in [4.69, 9.17) is 10.8 Å². The number of amides is 1. The van der Waals surface area contributed by atoms with Gasteiger partial charge in [0.25, 0.3) is 0 Å². The van der Waals surface area contributed by atoms with E-state index in [1.807, 2.05) is 13.8 Å². The van der Waals surface area contributed by atoms with Gasteiger partial charge < -0.3 is 16.2 Å². The maximum absolute atomic E-state index is 11.8. The number of nitrogens with two attached hydrogens (primary N) is 1. The van der Waals surface area contributed by atoms with Crippen LogP contribution in [0.25, 0.3) is 0 Å². The van der Waals surface area contributed by atoms with Crippen molar-refractivity contribution in [3.63, 3.8) is 0 Å². The summed E-state index contributed by atoms with van der Waals surface area (Å²) in [4.78, 5) is 22.9. The van der Waals surface area contributed by atoms with E-state index in [0.29, 0.717) is 0 Å². The first-order chi connectivity index (χ1) is 7.61. The summed E-state index contributed by atoms with van der Waals surface area (Å²) >= 11 is 0. The van der Waals surface area contributed by atoms with E-state index in [1.54, 1.807) is 20.8 Å². The minimum atomic E-state index is -1.04. The molecule has 5 heteroatoms.